The van der Waals surface area contributed by atoms with Crippen molar-refractivity contribution >= 4 is 28.6 Å². The van der Waals surface area contributed by atoms with Gasteiger partial charge in [0.1, 0.15) is 11.6 Å². The van der Waals surface area contributed by atoms with E-state index in [0.29, 0.717) is 12.1 Å². The molecule has 1 heterocycles. The summed E-state index contributed by atoms with van der Waals surface area (Å²) in [5.74, 6) is -0.297. The molecule has 30 heavy (non-hydrogen) atoms. The molecule has 158 valence electrons. The van der Waals surface area contributed by atoms with Gasteiger partial charge in [0.25, 0.3) is 0 Å². The van der Waals surface area contributed by atoms with Gasteiger partial charge in [-0.25, -0.2) is 4.79 Å². The van der Waals surface area contributed by atoms with Gasteiger partial charge in [0, 0.05) is 29.2 Å². The molecule has 3 aromatic rings. The van der Waals surface area contributed by atoms with Gasteiger partial charge in [-0.15, -0.1) is 0 Å². The third-order valence-electron chi connectivity index (χ3n) is 4.88. The second kappa shape index (κ2) is 8.61. The minimum atomic E-state index is -0.791. The first-order chi connectivity index (χ1) is 14.1. The summed E-state index contributed by atoms with van der Waals surface area (Å²) in [4.78, 5) is 28.7. The van der Waals surface area contributed by atoms with Crippen molar-refractivity contribution in [3.8, 4) is 0 Å². The SMILES string of the molecule is Cc1ccc(NC(=O)[C@@H](Cc2c[nH]c3ccccc23)NC(=O)OC(C)(C)C)cc1C. The van der Waals surface area contributed by atoms with Crippen LogP contribution in [0.4, 0.5) is 10.5 Å². The van der Waals surface area contributed by atoms with Crippen LogP contribution in [0.3, 0.4) is 0 Å². The molecule has 0 bridgehead atoms. The Labute approximate surface area is 177 Å². The standard InChI is InChI=1S/C24H29N3O3/c1-15-10-11-18(12-16(15)2)26-22(28)21(27-23(29)30-24(3,4)5)13-17-14-25-20-9-7-6-8-19(17)20/h6-12,14,21,25H,13H2,1-5H3,(H,26,28)(H,27,29)/t21-/m1/s1. The van der Waals surface area contributed by atoms with Crippen LogP contribution in [0.5, 0.6) is 0 Å². The maximum absolute atomic E-state index is 13.1. The lowest BCUT2D eigenvalue weighted by Gasteiger charge is -2.23. The van der Waals surface area contributed by atoms with E-state index in [-0.39, 0.29) is 5.91 Å². The van der Waals surface area contributed by atoms with Gasteiger partial charge in [-0.1, -0.05) is 24.3 Å². The number of fused-ring (bicyclic) bond motifs is 1. The molecule has 0 spiro atoms. The van der Waals surface area contributed by atoms with Crippen LogP contribution >= 0.6 is 0 Å². The number of carbonyl (C=O) groups is 2. The summed E-state index contributed by atoms with van der Waals surface area (Å²) in [6.45, 7) is 9.38. The number of rotatable bonds is 5. The molecule has 0 saturated heterocycles. The topological polar surface area (TPSA) is 83.2 Å². The van der Waals surface area contributed by atoms with E-state index >= 15 is 0 Å². The molecule has 0 unspecified atom stereocenters. The molecule has 0 aliphatic carbocycles. The second-order valence-corrected chi connectivity index (χ2v) is 8.55. The van der Waals surface area contributed by atoms with Crippen LogP contribution in [0.2, 0.25) is 0 Å². The van der Waals surface area contributed by atoms with E-state index < -0.39 is 17.7 Å². The predicted octanol–water partition coefficient (Wildman–Crippen LogP) is 4.86. The smallest absolute Gasteiger partial charge is 0.408 e. The van der Waals surface area contributed by atoms with Crippen LogP contribution in [0.25, 0.3) is 10.9 Å². The first kappa shape index (κ1) is 21.4. The van der Waals surface area contributed by atoms with Crippen LogP contribution in [0.15, 0.2) is 48.7 Å². The molecular weight excluding hydrogens is 378 g/mol. The van der Waals surface area contributed by atoms with Crippen molar-refractivity contribution in [2.24, 2.45) is 0 Å². The predicted molar refractivity (Wildman–Crippen MR) is 120 cm³/mol. The van der Waals surface area contributed by atoms with Crippen molar-refractivity contribution in [1.82, 2.24) is 10.3 Å². The van der Waals surface area contributed by atoms with Crippen molar-refractivity contribution in [3.05, 3.63) is 65.4 Å². The molecule has 2 amide bonds. The van der Waals surface area contributed by atoms with E-state index in [1.165, 1.54) is 0 Å². The maximum Gasteiger partial charge on any atom is 0.408 e. The molecule has 0 saturated carbocycles. The van der Waals surface area contributed by atoms with Gasteiger partial charge in [0.05, 0.1) is 0 Å². The lowest BCUT2D eigenvalue weighted by atomic mass is 10.0. The third kappa shape index (κ3) is 5.41. The molecular formula is C24H29N3O3. The summed E-state index contributed by atoms with van der Waals surface area (Å²) >= 11 is 0. The summed E-state index contributed by atoms with van der Waals surface area (Å²) in [5, 5.41) is 6.68. The van der Waals surface area contributed by atoms with E-state index in [1.807, 2.05) is 62.5 Å². The van der Waals surface area contributed by atoms with Gasteiger partial charge in [-0.2, -0.15) is 0 Å². The average molecular weight is 408 g/mol. The lowest BCUT2D eigenvalue weighted by Crippen LogP contribution is -2.47. The van der Waals surface area contributed by atoms with E-state index in [2.05, 4.69) is 15.6 Å². The number of ether oxygens (including phenoxy) is 1. The Morgan fingerprint density at radius 2 is 1.80 bits per heavy atom. The first-order valence-corrected chi connectivity index (χ1v) is 10.0. The van der Waals surface area contributed by atoms with E-state index in [1.54, 1.807) is 20.8 Å². The highest BCUT2D eigenvalue weighted by atomic mass is 16.6. The largest absolute Gasteiger partial charge is 0.444 e. The van der Waals surface area contributed by atoms with Gasteiger partial charge in [-0.05, 0) is 69.5 Å². The molecule has 6 nitrogen and oxygen atoms in total. The highest BCUT2D eigenvalue weighted by Crippen LogP contribution is 2.20. The number of hydrogen-bond donors (Lipinski definition) is 3. The molecule has 0 fully saturated rings. The molecule has 2 aromatic carbocycles. The van der Waals surface area contributed by atoms with Crippen molar-refractivity contribution in [1.29, 1.82) is 0 Å². The zero-order valence-electron chi connectivity index (χ0n) is 18.1. The summed E-state index contributed by atoms with van der Waals surface area (Å²) in [6.07, 6.45) is 1.58. The molecule has 0 radical (unpaired) electrons. The number of para-hydroxylation sites is 1. The van der Waals surface area contributed by atoms with Crippen molar-refractivity contribution in [2.45, 2.75) is 52.7 Å². The summed E-state index contributed by atoms with van der Waals surface area (Å²) in [5.41, 5.74) is 4.20. The fraction of sp³-hybridized carbons (Fsp3) is 0.333. The number of anilines is 1. The number of amides is 2. The molecule has 6 heteroatoms. The van der Waals surface area contributed by atoms with Crippen LogP contribution < -0.4 is 10.6 Å². The highest BCUT2D eigenvalue weighted by molar-refractivity contribution is 5.97. The van der Waals surface area contributed by atoms with Crippen molar-refractivity contribution in [2.75, 3.05) is 5.32 Å². The Hall–Kier alpha value is -3.28. The molecule has 3 N–H and O–H groups in total. The van der Waals surface area contributed by atoms with Crippen LogP contribution in [0, 0.1) is 13.8 Å². The number of H-pyrrole nitrogens is 1. The monoisotopic (exact) mass is 407 g/mol. The van der Waals surface area contributed by atoms with Crippen molar-refractivity contribution in [3.63, 3.8) is 0 Å². The Kier molecular flexibility index (Phi) is 6.15. The zero-order chi connectivity index (χ0) is 21.9. The molecule has 3 rings (SSSR count). The Balaban J connectivity index is 1.83. The minimum absolute atomic E-state index is 0.297. The molecule has 1 atom stereocenters. The number of nitrogens with one attached hydrogen (secondary N) is 3. The number of aryl methyl sites for hydroxylation is 2. The van der Waals surface area contributed by atoms with Crippen molar-refractivity contribution < 1.29 is 14.3 Å². The summed E-state index contributed by atoms with van der Waals surface area (Å²) in [6, 6.07) is 12.8. The first-order valence-electron chi connectivity index (χ1n) is 10.0. The lowest BCUT2D eigenvalue weighted by molar-refractivity contribution is -0.118. The number of alkyl carbamates (subject to hydrolysis) is 1. The fourth-order valence-electron chi connectivity index (χ4n) is 3.23. The second-order valence-electron chi connectivity index (χ2n) is 8.55. The number of carbonyl (C=O) groups excluding carboxylic acids is 2. The van der Waals surface area contributed by atoms with E-state index in [4.69, 9.17) is 4.74 Å². The number of hydrogen-bond acceptors (Lipinski definition) is 3. The summed E-state index contributed by atoms with van der Waals surface area (Å²) in [7, 11) is 0. The Morgan fingerprint density at radius 3 is 2.50 bits per heavy atom. The maximum atomic E-state index is 13.1. The Morgan fingerprint density at radius 1 is 1.07 bits per heavy atom. The Bertz CT molecular complexity index is 1060. The van der Waals surface area contributed by atoms with Gasteiger partial charge in [0.15, 0.2) is 0 Å². The van der Waals surface area contributed by atoms with Gasteiger partial charge < -0.3 is 20.4 Å². The normalized spacial score (nSPS) is 12.4. The number of benzene rings is 2. The minimum Gasteiger partial charge on any atom is -0.444 e. The quantitative estimate of drug-likeness (QED) is 0.565. The third-order valence-corrected chi connectivity index (χ3v) is 4.88. The van der Waals surface area contributed by atoms with Gasteiger partial charge >= 0.3 is 6.09 Å². The fourth-order valence-corrected chi connectivity index (χ4v) is 3.23. The summed E-state index contributed by atoms with van der Waals surface area (Å²) < 4.78 is 5.37. The van der Waals surface area contributed by atoms with Gasteiger partial charge in [-0.3, -0.25) is 4.79 Å². The van der Waals surface area contributed by atoms with Crippen LogP contribution in [0.1, 0.15) is 37.5 Å². The molecule has 1 aromatic heterocycles. The molecule has 0 aliphatic heterocycles. The number of aromatic amines is 1. The average Bonchev–Trinajstić information content (AvgIpc) is 3.06. The van der Waals surface area contributed by atoms with Crippen LogP contribution in [-0.2, 0) is 16.0 Å². The molecule has 0 aliphatic rings. The van der Waals surface area contributed by atoms with Crippen LogP contribution in [-0.4, -0.2) is 28.6 Å². The van der Waals surface area contributed by atoms with E-state index in [0.717, 1.165) is 27.6 Å². The van der Waals surface area contributed by atoms with E-state index in [9.17, 15) is 9.59 Å². The highest BCUT2D eigenvalue weighted by Gasteiger charge is 2.26. The number of aromatic nitrogens is 1. The zero-order valence-corrected chi connectivity index (χ0v) is 18.1. The van der Waals surface area contributed by atoms with Gasteiger partial charge in [0.2, 0.25) is 5.91 Å².